The van der Waals surface area contributed by atoms with Gasteiger partial charge in [-0.2, -0.15) is 20.5 Å². The molecule has 2 aromatic carbocycles. The molecular weight excluding hydrogens is 430 g/mol. The van der Waals surface area contributed by atoms with Crippen LogP contribution in [0.1, 0.15) is 11.1 Å². The lowest BCUT2D eigenvalue weighted by molar-refractivity contribution is 0.906. The van der Waals surface area contributed by atoms with E-state index in [0.717, 1.165) is 0 Å². The second kappa shape index (κ2) is 7.87. The molecule has 0 unspecified atom stereocenters. The minimum absolute atomic E-state index is 0.0347. The summed E-state index contributed by atoms with van der Waals surface area (Å²) in [7, 11) is 1.55. The maximum absolute atomic E-state index is 13.5. The molecule has 2 heterocycles. The van der Waals surface area contributed by atoms with Crippen molar-refractivity contribution in [1.82, 2.24) is 19.5 Å². The second-order valence-electron chi connectivity index (χ2n) is 6.69. The van der Waals surface area contributed by atoms with E-state index in [0.29, 0.717) is 11.3 Å². The van der Waals surface area contributed by atoms with Crippen LogP contribution in [0, 0.1) is 22.7 Å². The van der Waals surface area contributed by atoms with Gasteiger partial charge in [-0.1, -0.05) is 23.7 Å². The summed E-state index contributed by atoms with van der Waals surface area (Å²) in [5.41, 5.74) is 12.1. The molecule has 0 atom stereocenters. The van der Waals surface area contributed by atoms with E-state index in [2.05, 4.69) is 15.0 Å². The molecular formula is C21H14ClN9O. The van der Waals surface area contributed by atoms with Crippen LogP contribution in [0.5, 0.6) is 0 Å². The number of hydrogen-bond donors (Lipinski definition) is 2. The average molecular weight is 444 g/mol. The molecule has 0 fully saturated rings. The molecule has 0 saturated carbocycles. The Hall–Kier alpha value is -4.67. The van der Waals surface area contributed by atoms with E-state index >= 15 is 0 Å². The summed E-state index contributed by atoms with van der Waals surface area (Å²) >= 11 is 6.32. The molecule has 2 aromatic heterocycles. The summed E-state index contributed by atoms with van der Waals surface area (Å²) in [5, 5.41) is 19.4. The summed E-state index contributed by atoms with van der Waals surface area (Å²) < 4.78 is 1.30. The van der Waals surface area contributed by atoms with Crippen molar-refractivity contribution in [2.24, 2.45) is 0 Å². The Bertz CT molecular complexity index is 1530. The van der Waals surface area contributed by atoms with Crippen LogP contribution in [-0.2, 0) is 0 Å². The highest BCUT2D eigenvalue weighted by Gasteiger charge is 2.23. The topological polar surface area (TPSA) is 164 Å². The Labute approximate surface area is 186 Å². The van der Waals surface area contributed by atoms with Crippen molar-refractivity contribution in [3.63, 3.8) is 0 Å². The highest BCUT2D eigenvalue weighted by molar-refractivity contribution is 6.35. The summed E-state index contributed by atoms with van der Waals surface area (Å²) in [6.45, 7) is 0. The van der Waals surface area contributed by atoms with Gasteiger partial charge in [0.05, 0.1) is 33.2 Å². The van der Waals surface area contributed by atoms with Crippen molar-refractivity contribution >= 4 is 46.0 Å². The summed E-state index contributed by atoms with van der Waals surface area (Å²) in [6, 6.07) is 15.3. The summed E-state index contributed by atoms with van der Waals surface area (Å²) in [6.07, 6.45) is 0. The maximum Gasteiger partial charge on any atom is 0.267 e. The SMILES string of the molecule is CN(c1nc(N)nc(N)c1C#N)c1nc2c(Cl)cccc2c(=O)n1-c1cccc(C#N)c1. The zero-order chi connectivity index (χ0) is 23.0. The molecule has 10 nitrogen and oxygen atoms in total. The van der Waals surface area contributed by atoms with Crippen LogP contribution in [0.4, 0.5) is 23.5 Å². The minimum atomic E-state index is -0.428. The first-order chi connectivity index (χ1) is 15.3. The predicted molar refractivity (Wildman–Crippen MR) is 121 cm³/mol. The Morgan fingerprint density at radius 3 is 2.53 bits per heavy atom. The largest absolute Gasteiger partial charge is 0.382 e. The fourth-order valence-corrected chi connectivity index (χ4v) is 3.48. The zero-order valence-electron chi connectivity index (χ0n) is 16.6. The van der Waals surface area contributed by atoms with Crippen molar-refractivity contribution in [3.05, 3.63) is 69.0 Å². The molecule has 4 rings (SSSR count). The third kappa shape index (κ3) is 3.31. The first kappa shape index (κ1) is 20.6. The molecule has 11 heteroatoms. The van der Waals surface area contributed by atoms with E-state index in [1.165, 1.54) is 9.47 Å². The first-order valence-electron chi connectivity index (χ1n) is 9.14. The van der Waals surface area contributed by atoms with Crippen molar-refractivity contribution in [2.75, 3.05) is 23.4 Å². The smallest absolute Gasteiger partial charge is 0.267 e. The molecule has 4 N–H and O–H groups in total. The van der Waals surface area contributed by atoms with Gasteiger partial charge in [-0.05, 0) is 30.3 Å². The molecule has 0 saturated heterocycles. The maximum atomic E-state index is 13.5. The van der Waals surface area contributed by atoms with Crippen molar-refractivity contribution in [2.45, 2.75) is 0 Å². The van der Waals surface area contributed by atoms with Crippen LogP contribution in [0.2, 0.25) is 5.02 Å². The fraction of sp³-hybridized carbons (Fsp3) is 0.0476. The number of halogens is 1. The number of nitriles is 2. The normalized spacial score (nSPS) is 10.5. The number of benzene rings is 2. The third-order valence-corrected chi connectivity index (χ3v) is 5.04. The fourth-order valence-electron chi connectivity index (χ4n) is 3.26. The number of nitrogens with zero attached hydrogens (tertiary/aromatic N) is 7. The molecule has 0 aliphatic heterocycles. The van der Waals surface area contributed by atoms with E-state index < -0.39 is 5.56 Å². The van der Waals surface area contributed by atoms with Gasteiger partial charge < -0.3 is 11.5 Å². The van der Waals surface area contributed by atoms with Crippen LogP contribution in [0.3, 0.4) is 0 Å². The number of rotatable bonds is 3. The Balaban J connectivity index is 2.11. The van der Waals surface area contributed by atoms with Gasteiger partial charge in [-0.25, -0.2) is 9.55 Å². The summed E-state index contributed by atoms with van der Waals surface area (Å²) in [4.78, 5) is 27.5. The monoisotopic (exact) mass is 443 g/mol. The molecule has 0 spiro atoms. The lowest BCUT2D eigenvalue weighted by Crippen LogP contribution is -2.28. The van der Waals surface area contributed by atoms with E-state index in [1.54, 1.807) is 49.5 Å². The second-order valence-corrected chi connectivity index (χ2v) is 7.09. The molecule has 0 radical (unpaired) electrons. The van der Waals surface area contributed by atoms with Crippen molar-refractivity contribution in [1.29, 1.82) is 10.5 Å². The first-order valence-corrected chi connectivity index (χ1v) is 9.52. The van der Waals surface area contributed by atoms with Crippen LogP contribution >= 0.6 is 11.6 Å². The molecule has 0 aliphatic rings. The number of para-hydroxylation sites is 1. The van der Waals surface area contributed by atoms with Gasteiger partial charge in [0.25, 0.3) is 5.56 Å². The van der Waals surface area contributed by atoms with Gasteiger partial charge in [0, 0.05) is 7.05 Å². The van der Waals surface area contributed by atoms with E-state index in [9.17, 15) is 15.3 Å². The van der Waals surface area contributed by atoms with Crippen molar-refractivity contribution in [3.8, 4) is 17.8 Å². The van der Waals surface area contributed by atoms with E-state index in [4.69, 9.17) is 23.1 Å². The van der Waals surface area contributed by atoms with Gasteiger partial charge in [-0.3, -0.25) is 9.69 Å². The highest BCUT2D eigenvalue weighted by Crippen LogP contribution is 2.30. The zero-order valence-corrected chi connectivity index (χ0v) is 17.4. The highest BCUT2D eigenvalue weighted by atomic mass is 35.5. The van der Waals surface area contributed by atoms with E-state index in [1.807, 2.05) is 12.1 Å². The number of hydrogen-bond acceptors (Lipinski definition) is 9. The number of fused-ring (bicyclic) bond motifs is 1. The Kier molecular flexibility index (Phi) is 5.07. The van der Waals surface area contributed by atoms with Gasteiger partial charge in [0.2, 0.25) is 11.9 Å². The number of nitrogen functional groups attached to an aromatic ring is 2. The quantitative estimate of drug-likeness (QED) is 0.483. The molecule has 0 bridgehead atoms. The van der Waals surface area contributed by atoms with Gasteiger partial charge in [0.1, 0.15) is 17.5 Å². The summed E-state index contributed by atoms with van der Waals surface area (Å²) in [5.74, 6) is -0.121. The Morgan fingerprint density at radius 2 is 1.81 bits per heavy atom. The molecule has 0 amide bonds. The van der Waals surface area contributed by atoms with Crippen LogP contribution < -0.4 is 21.9 Å². The average Bonchev–Trinajstić information content (AvgIpc) is 2.78. The van der Waals surface area contributed by atoms with E-state index in [-0.39, 0.29) is 45.0 Å². The lowest BCUT2D eigenvalue weighted by atomic mass is 10.2. The van der Waals surface area contributed by atoms with Gasteiger partial charge in [-0.15, -0.1) is 0 Å². The molecule has 0 aliphatic carbocycles. The van der Waals surface area contributed by atoms with Crippen LogP contribution in [0.15, 0.2) is 47.3 Å². The molecule has 4 aromatic rings. The standard InChI is InChI=1S/C21H14ClN9O/c1-30(18-14(10-24)17(25)28-20(26)29-18)21-27-16-13(6-3-7-15(16)22)19(32)31(21)12-5-2-4-11(8-12)9-23/h2-8H,1H3,(H4,25,26,28,29). The third-order valence-electron chi connectivity index (χ3n) is 4.73. The number of nitrogens with two attached hydrogens (primary N) is 2. The number of aromatic nitrogens is 4. The molecule has 32 heavy (non-hydrogen) atoms. The van der Waals surface area contributed by atoms with Crippen LogP contribution in [0.25, 0.3) is 16.6 Å². The van der Waals surface area contributed by atoms with Crippen molar-refractivity contribution < 1.29 is 0 Å². The lowest BCUT2D eigenvalue weighted by Gasteiger charge is -2.23. The molecule has 156 valence electrons. The number of anilines is 4. The minimum Gasteiger partial charge on any atom is -0.382 e. The predicted octanol–water partition coefficient (Wildman–Crippen LogP) is 2.50. The Morgan fingerprint density at radius 1 is 1.06 bits per heavy atom. The van der Waals surface area contributed by atoms with Gasteiger partial charge in [0.15, 0.2) is 5.82 Å². The van der Waals surface area contributed by atoms with Crippen LogP contribution in [-0.4, -0.2) is 26.6 Å². The van der Waals surface area contributed by atoms with Gasteiger partial charge >= 0.3 is 0 Å².